The van der Waals surface area contributed by atoms with Crippen LogP contribution in [0.2, 0.25) is 0 Å². The summed E-state index contributed by atoms with van der Waals surface area (Å²) in [6.45, 7) is 3.68. The van der Waals surface area contributed by atoms with E-state index in [4.69, 9.17) is 0 Å². The Kier molecular flexibility index (Phi) is 11.3. The number of carbonyl (C=O) groups excluding carboxylic acids is 2. The molecule has 0 aliphatic heterocycles. The van der Waals surface area contributed by atoms with Gasteiger partial charge in [0.15, 0.2) is 0 Å². The quantitative estimate of drug-likeness (QED) is 0.133. The molecule has 0 saturated carbocycles. The number of hydrogen-bond acceptors (Lipinski definition) is 3. The molecule has 1 aromatic heterocycles. The average Bonchev–Trinajstić information content (AvgIpc) is 3.51. The molecule has 0 radical (unpaired) electrons. The lowest BCUT2D eigenvalue weighted by Gasteiger charge is -2.28. The minimum absolute atomic E-state index is 0.0208. The molecule has 0 unspecified atom stereocenters. The predicted octanol–water partition coefficient (Wildman–Crippen LogP) is 7.53. The van der Waals surface area contributed by atoms with Gasteiger partial charge in [0.2, 0.25) is 5.91 Å². The van der Waals surface area contributed by atoms with Crippen molar-refractivity contribution in [2.75, 3.05) is 38.6 Å². The van der Waals surface area contributed by atoms with Crippen molar-refractivity contribution in [3.8, 4) is 0 Å². The second-order valence-corrected chi connectivity index (χ2v) is 12.2. The molecule has 4 aromatic carbocycles. The van der Waals surface area contributed by atoms with Crippen LogP contribution in [0, 0.1) is 0 Å². The lowest BCUT2D eigenvalue weighted by Crippen LogP contribution is -2.44. The van der Waals surface area contributed by atoms with Gasteiger partial charge >= 0.3 is 0 Å². The van der Waals surface area contributed by atoms with E-state index in [1.165, 1.54) is 16.5 Å². The Bertz CT molecular complexity index is 1690. The molecule has 1 heterocycles. The molecule has 0 spiro atoms. The van der Waals surface area contributed by atoms with Gasteiger partial charge in [-0.25, -0.2) is 0 Å². The zero-order valence-electron chi connectivity index (χ0n) is 27.4. The summed E-state index contributed by atoms with van der Waals surface area (Å²) in [6.07, 6.45) is 6.68. The highest BCUT2D eigenvalue weighted by atomic mass is 16.2. The van der Waals surface area contributed by atoms with Gasteiger partial charge in [0.05, 0.1) is 0 Å². The van der Waals surface area contributed by atoms with Crippen molar-refractivity contribution >= 4 is 28.4 Å². The van der Waals surface area contributed by atoms with Gasteiger partial charge in [-0.2, -0.15) is 0 Å². The molecule has 5 aromatic rings. The highest BCUT2D eigenvalue weighted by molar-refractivity contribution is 5.96. The van der Waals surface area contributed by atoms with Crippen LogP contribution in [0.1, 0.15) is 52.4 Å². The Labute approximate surface area is 273 Å². The lowest BCUT2D eigenvalue weighted by molar-refractivity contribution is -0.132. The third kappa shape index (κ3) is 8.66. The summed E-state index contributed by atoms with van der Waals surface area (Å²) in [5, 5.41) is 1.17. The zero-order chi connectivity index (χ0) is 32.3. The molecule has 0 atom stereocenters. The van der Waals surface area contributed by atoms with E-state index in [2.05, 4.69) is 65.3 Å². The topological polar surface area (TPSA) is 59.7 Å². The first kappa shape index (κ1) is 32.6. The third-order valence-corrected chi connectivity index (χ3v) is 8.65. The monoisotopic (exact) mass is 614 g/mol. The number of aryl methyl sites for hydroxylation is 1. The molecule has 0 aliphatic rings. The van der Waals surface area contributed by atoms with Gasteiger partial charge in [-0.3, -0.25) is 9.59 Å². The molecule has 2 amide bonds. The van der Waals surface area contributed by atoms with E-state index in [1.807, 2.05) is 79.8 Å². The lowest BCUT2D eigenvalue weighted by atomic mass is 10.1. The van der Waals surface area contributed by atoms with Crippen LogP contribution in [-0.2, 0) is 30.6 Å². The summed E-state index contributed by atoms with van der Waals surface area (Å²) in [5.41, 5.74) is 7.42. The minimum atomic E-state index is -0.113. The standard InChI is InChI=1S/C40H46N4O2/c1-4-5-11-32-16-20-34(21-17-32)40(46)44(26-24-31-12-7-6-8-13-31)30-39(45)43(29-33-18-22-36(23-19-33)42(2)3)27-25-35-28-41-38-15-10-9-14-37(35)38/h6-10,12-23,28,41H,4-5,11,24-27,29-30H2,1-3H3. The van der Waals surface area contributed by atoms with Gasteiger partial charge in [0.1, 0.15) is 6.54 Å². The number of para-hydroxylation sites is 1. The Balaban J connectivity index is 1.37. The smallest absolute Gasteiger partial charge is 0.254 e. The number of benzene rings is 4. The number of unbranched alkanes of at least 4 members (excludes halogenated alkanes) is 1. The number of nitrogens with one attached hydrogen (secondary N) is 1. The normalized spacial score (nSPS) is 11.0. The van der Waals surface area contributed by atoms with Crippen LogP contribution in [0.25, 0.3) is 10.9 Å². The molecule has 0 bridgehead atoms. The fraction of sp³-hybridized carbons (Fsp3) is 0.300. The van der Waals surface area contributed by atoms with E-state index in [1.54, 1.807) is 4.90 Å². The van der Waals surface area contributed by atoms with Crippen molar-refractivity contribution in [1.29, 1.82) is 0 Å². The molecule has 6 nitrogen and oxygen atoms in total. The van der Waals surface area contributed by atoms with E-state index in [0.29, 0.717) is 38.0 Å². The average molecular weight is 615 g/mol. The van der Waals surface area contributed by atoms with Crippen molar-refractivity contribution < 1.29 is 9.59 Å². The van der Waals surface area contributed by atoms with Crippen molar-refractivity contribution in [3.63, 3.8) is 0 Å². The number of hydrogen-bond donors (Lipinski definition) is 1. The molecule has 6 heteroatoms. The van der Waals surface area contributed by atoms with Crippen LogP contribution in [0.4, 0.5) is 5.69 Å². The van der Waals surface area contributed by atoms with Crippen molar-refractivity contribution in [1.82, 2.24) is 14.8 Å². The van der Waals surface area contributed by atoms with Gasteiger partial charge in [-0.05, 0) is 78.3 Å². The van der Waals surface area contributed by atoms with Gasteiger partial charge in [0.25, 0.3) is 5.91 Å². The van der Waals surface area contributed by atoms with Crippen molar-refractivity contribution in [3.05, 3.63) is 137 Å². The first-order chi connectivity index (χ1) is 22.4. The second-order valence-electron chi connectivity index (χ2n) is 12.2. The van der Waals surface area contributed by atoms with Crippen molar-refractivity contribution in [2.24, 2.45) is 0 Å². The zero-order valence-corrected chi connectivity index (χ0v) is 27.4. The highest BCUT2D eigenvalue weighted by Gasteiger charge is 2.23. The number of nitrogens with zero attached hydrogens (tertiary/aromatic N) is 3. The Morgan fingerprint density at radius 1 is 0.674 bits per heavy atom. The number of anilines is 1. The number of aromatic amines is 1. The van der Waals surface area contributed by atoms with Gasteiger partial charge < -0.3 is 19.7 Å². The second kappa shape index (κ2) is 15.9. The summed E-state index contributed by atoms with van der Waals surface area (Å²) < 4.78 is 0. The molecule has 0 saturated heterocycles. The number of rotatable bonds is 15. The number of aromatic nitrogens is 1. The van der Waals surface area contributed by atoms with Crippen LogP contribution in [0.5, 0.6) is 0 Å². The van der Waals surface area contributed by atoms with Gasteiger partial charge in [-0.1, -0.05) is 86.1 Å². The number of amides is 2. The summed E-state index contributed by atoms with van der Waals surface area (Å²) >= 11 is 0. The Morgan fingerprint density at radius 2 is 1.33 bits per heavy atom. The highest BCUT2D eigenvalue weighted by Crippen LogP contribution is 2.20. The van der Waals surface area contributed by atoms with Gasteiger partial charge in [0, 0.05) is 62.1 Å². The fourth-order valence-electron chi connectivity index (χ4n) is 5.81. The molecule has 238 valence electrons. The molecule has 46 heavy (non-hydrogen) atoms. The Hall–Kier alpha value is -4.84. The molecule has 0 fully saturated rings. The summed E-state index contributed by atoms with van der Waals surface area (Å²) in [7, 11) is 4.04. The summed E-state index contributed by atoms with van der Waals surface area (Å²) in [4.78, 5) is 37.2. The maximum atomic E-state index is 14.2. The molecule has 0 aliphatic carbocycles. The van der Waals surface area contributed by atoms with E-state index >= 15 is 0 Å². The molecule has 1 N–H and O–H groups in total. The first-order valence-corrected chi connectivity index (χ1v) is 16.4. The predicted molar refractivity (Wildman–Crippen MR) is 189 cm³/mol. The van der Waals surface area contributed by atoms with Gasteiger partial charge in [-0.15, -0.1) is 0 Å². The molecule has 5 rings (SSSR count). The third-order valence-electron chi connectivity index (χ3n) is 8.65. The van der Waals surface area contributed by atoms with E-state index in [0.717, 1.165) is 41.6 Å². The number of H-pyrrole nitrogens is 1. The van der Waals surface area contributed by atoms with Crippen molar-refractivity contribution in [2.45, 2.75) is 45.6 Å². The molecular weight excluding hydrogens is 568 g/mol. The maximum absolute atomic E-state index is 14.2. The maximum Gasteiger partial charge on any atom is 0.254 e. The number of fused-ring (bicyclic) bond motifs is 1. The van der Waals surface area contributed by atoms with Crippen LogP contribution < -0.4 is 4.90 Å². The van der Waals surface area contributed by atoms with E-state index in [-0.39, 0.29) is 18.4 Å². The fourth-order valence-corrected chi connectivity index (χ4v) is 5.81. The van der Waals surface area contributed by atoms with Crippen LogP contribution in [0.15, 0.2) is 109 Å². The largest absolute Gasteiger partial charge is 0.378 e. The van der Waals surface area contributed by atoms with Crippen LogP contribution in [-0.4, -0.2) is 60.3 Å². The van der Waals surface area contributed by atoms with E-state index in [9.17, 15) is 9.59 Å². The summed E-state index contributed by atoms with van der Waals surface area (Å²) in [6, 6.07) is 34.6. The minimum Gasteiger partial charge on any atom is -0.378 e. The molecular formula is C40H46N4O2. The van der Waals surface area contributed by atoms with E-state index < -0.39 is 0 Å². The number of carbonyl (C=O) groups is 2. The first-order valence-electron chi connectivity index (χ1n) is 16.4. The van der Waals surface area contributed by atoms with Crippen LogP contribution in [0.3, 0.4) is 0 Å². The SMILES string of the molecule is CCCCc1ccc(C(=O)N(CCc2ccccc2)CC(=O)N(CCc2c[nH]c3ccccc23)Cc2ccc(N(C)C)cc2)cc1. The van der Waals surface area contributed by atoms with Crippen LogP contribution >= 0.6 is 0 Å². The Morgan fingerprint density at radius 3 is 2.04 bits per heavy atom. The summed E-state index contributed by atoms with van der Waals surface area (Å²) in [5.74, 6) is -0.171.